The lowest BCUT2D eigenvalue weighted by atomic mass is 10.2. The molecule has 0 atom stereocenters. The quantitative estimate of drug-likeness (QED) is 0.552. The third-order valence-corrected chi connectivity index (χ3v) is 1.81. The standard InChI is InChI=1S/C7H8.C3H3NS.3C2H6/c1-7-5-3-2-4-6-7;1-2-5-3-4-1;3*1-2/h2-6H,1H3;1-3H;3*1-2H3. The van der Waals surface area contributed by atoms with Gasteiger partial charge in [0.15, 0.2) is 0 Å². The third kappa shape index (κ3) is 20.3. The van der Waals surface area contributed by atoms with Crippen molar-refractivity contribution < 1.29 is 0 Å². The van der Waals surface area contributed by atoms with Crippen LogP contribution in [0.15, 0.2) is 47.4 Å². The molecule has 1 aromatic heterocycles. The number of aromatic nitrogens is 1. The summed E-state index contributed by atoms with van der Waals surface area (Å²) >= 11 is 1.60. The molecule has 0 N–H and O–H groups in total. The van der Waals surface area contributed by atoms with E-state index in [2.05, 4.69) is 24.0 Å². The zero-order chi connectivity index (χ0) is 14.6. The molecule has 0 bridgehead atoms. The average molecular weight is 267 g/mol. The Morgan fingerprint density at radius 2 is 1.33 bits per heavy atom. The first-order chi connectivity index (χ1) is 8.89. The molecule has 1 nitrogen and oxygen atoms in total. The fourth-order valence-electron chi connectivity index (χ4n) is 0.710. The van der Waals surface area contributed by atoms with E-state index in [1.54, 1.807) is 23.0 Å². The highest BCUT2D eigenvalue weighted by Crippen LogP contribution is 1.92. The van der Waals surface area contributed by atoms with Gasteiger partial charge in [-0.15, -0.1) is 11.3 Å². The highest BCUT2D eigenvalue weighted by Gasteiger charge is 1.72. The van der Waals surface area contributed by atoms with E-state index in [1.165, 1.54) is 5.56 Å². The van der Waals surface area contributed by atoms with Crippen LogP contribution in [0.3, 0.4) is 0 Å². The second-order valence-corrected chi connectivity index (χ2v) is 3.09. The monoisotopic (exact) mass is 267 g/mol. The van der Waals surface area contributed by atoms with Crippen LogP contribution in [0.5, 0.6) is 0 Å². The average Bonchev–Trinajstić information content (AvgIpc) is 3.06. The number of aryl methyl sites for hydroxylation is 1. The Balaban J connectivity index is -0.000000181. The summed E-state index contributed by atoms with van der Waals surface area (Å²) in [6, 6.07) is 10.3. The molecular formula is C16H29NS. The Hall–Kier alpha value is -1.15. The van der Waals surface area contributed by atoms with Gasteiger partial charge in [0.2, 0.25) is 0 Å². The van der Waals surface area contributed by atoms with Crippen LogP contribution in [0.4, 0.5) is 0 Å². The van der Waals surface area contributed by atoms with Gasteiger partial charge >= 0.3 is 0 Å². The first-order valence-electron chi connectivity index (χ1n) is 6.73. The van der Waals surface area contributed by atoms with Crippen LogP contribution < -0.4 is 0 Å². The molecule has 2 heteroatoms. The Morgan fingerprint density at radius 1 is 0.833 bits per heavy atom. The van der Waals surface area contributed by atoms with E-state index in [4.69, 9.17) is 0 Å². The first-order valence-corrected chi connectivity index (χ1v) is 7.67. The highest BCUT2D eigenvalue weighted by atomic mass is 32.1. The summed E-state index contributed by atoms with van der Waals surface area (Å²) in [5, 5.41) is 1.93. The molecule has 0 radical (unpaired) electrons. The van der Waals surface area contributed by atoms with Crippen molar-refractivity contribution in [1.29, 1.82) is 0 Å². The molecule has 0 unspecified atom stereocenters. The van der Waals surface area contributed by atoms with Crippen LogP contribution in [-0.4, -0.2) is 4.98 Å². The summed E-state index contributed by atoms with van der Waals surface area (Å²) in [5.41, 5.74) is 3.11. The van der Waals surface area contributed by atoms with Gasteiger partial charge in [-0.2, -0.15) is 0 Å². The molecule has 2 aromatic rings. The van der Waals surface area contributed by atoms with E-state index in [0.717, 1.165) is 0 Å². The predicted octanol–water partition coefficient (Wildman–Crippen LogP) is 6.22. The Labute approximate surface area is 118 Å². The van der Waals surface area contributed by atoms with Gasteiger partial charge in [-0.25, -0.2) is 0 Å². The van der Waals surface area contributed by atoms with Gasteiger partial charge in [0.1, 0.15) is 0 Å². The van der Waals surface area contributed by atoms with Gasteiger partial charge in [0.05, 0.1) is 5.51 Å². The van der Waals surface area contributed by atoms with Crippen molar-refractivity contribution >= 4 is 11.3 Å². The SMILES string of the molecule is CC.CC.CC.Cc1ccccc1.c1cscn1. The van der Waals surface area contributed by atoms with Gasteiger partial charge in [0.25, 0.3) is 0 Å². The molecule has 0 aliphatic carbocycles. The van der Waals surface area contributed by atoms with Gasteiger partial charge < -0.3 is 0 Å². The van der Waals surface area contributed by atoms with Crippen molar-refractivity contribution in [3.05, 3.63) is 53.0 Å². The maximum atomic E-state index is 3.74. The number of thiazole rings is 1. The van der Waals surface area contributed by atoms with Gasteiger partial charge in [-0.05, 0) is 6.92 Å². The topological polar surface area (TPSA) is 12.9 Å². The van der Waals surface area contributed by atoms with Crippen LogP contribution in [0.25, 0.3) is 0 Å². The third-order valence-electron chi connectivity index (χ3n) is 1.29. The summed E-state index contributed by atoms with van der Waals surface area (Å²) in [6.45, 7) is 14.1. The van der Waals surface area contributed by atoms with Crippen molar-refractivity contribution in [3.63, 3.8) is 0 Å². The maximum Gasteiger partial charge on any atom is 0.0791 e. The molecule has 0 saturated heterocycles. The lowest BCUT2D eigenvalue weighted by Crippen LogP contribution is -1.62. The van der Waals surface area contributed by atoms with Crippen molar-refractivity contribution in [1.82, 2.24) is 4.98 Å². The van der Waals surface area contributed by atoms with E-state index in [9.17, 15) is 0 Å². The zero-order valence-corrected chi connectivity index (χ0v) is 13.8. The summed E-state index contributed by atoms with van der Waals surface area (Å²) < 4.78 is 0. The van der Waals surface area contributed by atoms with Crippen LogP contribution in [0.2, 0.25) is 0 Å². The molecular weight excluding hydrogens is 238 g/mol. The molecule has 0 fully saturated rings. The molecule has 1 aromatic carbocycles. The van der Waals surface area contributed by atoms with Crippen LogP contribution >= 0.6 is 11.3 Å². The molecule has 0 aliphatic heterocycles. The molecule has 18 heavy (non-hydrogen) atoms. The first kappa shape index (κ1) is 22.1. The highest BCUT2D eigenvalue weighted by molar-refractivity contribution is 7.07. The summed E-state index contributed by atoms with van der Waals surface area (Å²) in [6.07, 6.45) is 1.77. The van der Waals surface area contributed by atoms with Gasteiger partial charge in [0, 0.05) is 11.6 Å². The van der Waals surface area contributed by atoms with E-state index >= 15 is 0 Å². The van der Waals surface area contributed by atoms with E-state index in [1.807, 2.05) is 65.1 Å². The van der Waals surface area contributed by atoms with Crippen LogP contribution in [0.1, 0.15) is 47.1 Å². The minimum atomic E-state index is 1.32. The van der Waals surface area contributed by atoms with E-state index in [-0.39, 0.29) is 0 Å². The normalized spacial score (nSPS) is 6.61. The minimum Gasteiger partial charge on any atom is -0.253 e. The van der Waals surface area contributed by atoms with E-state index in [0.29, 0.717) is 0 Å². The maximum absolute atomic E-state index is 3.74. The van der Waals surface area contributed by atoms with Crippen molar-refractivity contribution in [2.24, 2.45) is 0 Å². The molecule has 1 heterocycles. The van der Waals surface area contributed by atoms with Gasteiger partial charge in [-0.3, -0.25) is 4.98 Å². The Kier molecular flexibility index (Phi) is 30.5. The molecule has 104 valence electrons. The van der Waals surface area contributed by atoms with Crippen molar-refractivity contribution in [2.45, 2.75) is 48.5 Å². The molecule has 0 amide bonds. The Morgan fingerprint density at radius 3 is 1.50 bits per heavy atom. The Bertz CT molecular complexity index is 260. The lowest BCUT2D eigenvalue weighted by molar-refractivity contribution is 1.43. The van der Waals surface area contributed by atoms with E-state index < -0.39 is 0 Å². The van der Waals surface area contributed by atoms with Crippen molar-refractivity contribution in [3.8, 4) is 0 Å². The second-order valence-electron chi connectivity index (χ2n) is 2.33. The van der Waals surface area contributed by atoms with Crippen LogP contribution in [-0.2, 0) is 0 Å². The fraction of sp³-hybridized carbons (Fsp3) is 0.438. The molecule has 0 spiro atoms. The second kappa shape index (κ2) is 24.9. The lowest BCUT2D eigenvalue weighted by Gasteiger charge is -1.82. The predicted molar refractivity (Wildman–Crippen MR) is 87.3 cm³/mol. The number of rotatable bonds is 0. The largest absolute Gasteiger partial charge is 0.253 e. The molecule has 0 saturated carbocycles. The number of nitrogens with zero attached hydrogens (tertiary/aromatic N) is 1. The number of hydrogen-bond donors (Lipinski definition) is 0. The fourth-order valence-corrected chi connectivity index (χ4v) is 1.06. The molecule has 2 rings (SSSR count). The number of benzene rings is 1. The van der Waals surface area contributed by atoms with Crippen molar-refractivity contribution in [2.75, 3.05) is 0 Å². The summed E-state index contributed by atoms with van der Waals surface area (Å²) in [5.74, 6) is 0. The minimum absolute atomic E-state index is 1.32. The zero-order valence-electron chi connectivity index (χ0n) is 13.0. The van der Waals surface area contributed by atoms with Crippen LogP contribution in [0, 0.1) is 6.92 Å². The summed E-state index contributed by atoms with van der Waals surface area (Å²) in [7, 11) is 0. The smallest absolute Gasteiger partial charge is 0.0791 e. The summed E-state index contributed by atoms with van der Waals surface area (Å²) in [4.78, 5) is 3.74. The number of hydrogen-bond acceptors (Lipinski definition) is 2. The molecule has 0 aliphatic rings. The van der Waals surface area contributed by atoms with Gasteiger partial charge in [-0.1, -0.05) is 77.4 Å².